The molecule has 0 saturated carbocycles. The predicted octanol–water partition coefficient (Wildman–Crippen LogP) is 5.41. The number of rotatable bonds is 8. The van der Waals surface area contributed by atoms with Gasteiger partial charge in [0.05, 0.1) is 17.3 Å². The van der Waals surface area contributed by atoms with Crippen molar-refractivity contribution >= 4 is 40.8 Å². The molecule has 4 aromatic heterocycles. The highest BCUT2D eigenvalue weighted by atomic mass is 35.5. The van der Waals surface area contributed by atoms with Gasteiger partial charge >= 0.3 is 0 Å². The van der Waals surface area contributed by atoms with Gasteiger partial charge in [0.15, 0.2) is 11.6 Å². The van der Waals surface area contributed by atoms with Crippen molar-refractivity contribution in [3.63, 3.8) is 0 Å². The van der Waals surface area contributed by atoms with Gasteiger partial charge in [0.25, 0.3) is 5.91 Å². The second kappa shape index (κ2) is 14.4. The number of anilines is 4. The van der Waals surface area contributed by atoms with Crippen LogP contribution in [0.2, 0.25) is 0 Å². The number of carbonyl (C=O) groups excluding carboxylic acids is 1. The van der Waals surface area contributed by atoms with E-state index in [1.54, 1.807) is 0 Å². The molecule has 0 spiro atoms. The predicted molar refractivity (Wildman–Crippen MR) is 169 cm³/mol. The Bertz CT molecular complexity index is 1610. The summed E-state index contributed by atoms with van der Waals surface area (Å²) in [6, 6.07) is 25.0. The molecule has 12 heteroatoms. The molecule has 1 aliphatic rings. The molecule has 6 rings (SSSR count). The van der Waals surface area contributed by atoms with Gasteiger partial charge in [-0.2, -0.15) is 10.2 Å². The van der Waals surface area contributed by atoms with Crippen LogP contribution in [-0.2, 0) is 12.4 Å². The van der Waals surface area contributed by atoms with E-state index in [-0.39, 0.29) is 5.91 Å². The van der Waals surface area contributed by atoms with Gasteiger partial charge in [-0.15, -0.1) is 11.6 Å². The fourth-order valence-electron chi connectivity index (χ4n) is 4.59. The number of alkyl halides is 1. The Balaban J connectivity index is 0.000000207. The summed E-state index contributed by atoms with van der Waals surface area (Å²) in [5.74, 6) is 3.57. The first-order valence-corrected chi connectivity index (χ1v) is 14.6. The molecule has 222 valence electrons. The normalized spacial score (nSPS) is 13.2. The molecule has 1 aliphatic heterocycles. The van der Waals surface area contributed by atoms with Gasteiger partial charge < -0.3 is 15.5 Å². The first-order chi connectivity index (χ1) is 20.9. The van der Waals surface area contributed by atoms with E-state index in [4.69, 9.17) is 11.6 Å². The smallest absolute Gasteiger partial charge is 0.253 e. The van der Waals surface area contributed by atoms with E-state index in [0.29, 0.717) is 5.88 Å². The minimum Gasteiger partial charge on any atom is -0.336 e. The van der Waals surface area contributed by atoms with Crippen molar-refractivity contribution in [1.82, 2.24) is 40.2 Å². The summed E-state index contributed by atoms with van der Waals surface area (Å²) >= 11 is 5.69. The lowest BCUT2D eigenvalue weighted by Gasteiger charge is -2.34. The van der Waals surface area contributed by atoms with Crippen molar-refractivity contribution < 1.29 is 4.79 Å². The third-order valence-electron chi connectivity index (χ3n) is 6.74. The Morgan fingerprint density at radius 3 is 1.84 bits per heavy atom. The zero-order chi connectivity index (χ0) is 30.0. The van der Waals surface area contributed by atoms with Crippen LogP contribution in [0.1, 0.15) is 33.1 Å². The summed E-state index contributed by atoms with van der Waals surface area (Å²) in [7, 11) is 0. The number of piperazine rings is 1. The van der Waals surface area contributed by atoms with Gasteiger partial charge in [-0.05, 0) is 50.2 Å². The van der Waals surface area contributed by atoms with Gasteiger partial charge in [-0.25, -0.2) is 9.97 Å². The fourth-order valence-corrected chi connectivity index (χ4v) is 4.74. The molecule has 1 aromatic carbocycles. The van der Waals surface area contributed by atoms with Crippen LogP contribution in [0.25, 0.3) is 0 Å². The lowest BCUT2D eigenvalue weighted by atomic mass is 10.2. The quantitative estimate of drug-likeness (QED) is 0.174. The van der Waals surface area contributed by atoms with E-state index in [1.807, 2.05) is 97.6 Å². The molecule has 5 aromatic rings. The lowest BCUT2D eigenvalue weighted by Crippen LogP contribution is -2.48. The molecule has 1 amide bonds. The highest BCUT2D eigenvalue weighted by Crippen LogP contribution is 2.16. The van der Waals surface area contributed by atoms with Crippen molar-refractivity contribution in [3.8, 4) is 0 Å². The molecule has 43 heavy (non-hydrogen) atoms. The maximum Gasteiger partial charge on any atom is 0.253 e. The molecule has 1 fully saturated rings. The first-order valence-electron chi connectivity index (χ1n) is 14.1. The number of hydrogen-bond acceptors (Lipinski definition) is 8. The number of hydrogen-bond donors (Lipinski definition) is 4. The Morgan fingerprint density at radius 1 is 0.744 bits per heavy atom. The number of nitrogens with zero attached hydrogens (tertiary/aromatic N) is 6. The number of benzene rings is 1. The molecule has 1 saturated heterocycles. The Morgan fingerprint density at radius 2 is 1.30 bits per heavy atom. The van der Waals surface area contributed by atoms with Gasteiger partial charge in [0.1, 0.15) is 11.6 Å². The third-order valence-corrected chi connectivity index (χ3v) is 7.01. The average Bonchev–Trinajstić information content (AvgIpc) is 3.64. The molecule has 0 radical (unpaired) electrons. The molecular formula is C31H35ClN10O. The van der Waals surface area contributed by atoms with Crippen LogP contribution in [0.5, 0.6) is 0 Å². The number of amides is 1. The molecule has 0 aliphatic carbocycles. The number of halogens is 1. The van der Waals surface area contributed by atoms with Crippen molar-refractivity contribution in [2.24, 2.45) is 0 Å². The van der Waals surface area contributed by atoms with Crippen molar-refractivity contribution in [2.45, 2.75) is 26.3 Å². The summed E-state index contributed by atoms with van der Waals surface area (Å²) in [5.41, 5.74) is 4.60. The van der Waals surface area contributed by atoms with E-state index in [1.165, 1.54) is 0 Å². The zero-order valence-electron chi connectivity index (χ0n) is 24.2. The summed E-state index contributed by atoms with van der Waals surface area (Å²) in [5, 5.41) is 20.3. The second-order valence-electron chi connectivity index (χ2n) is 10.2. The van der Waals surface area contributed by atoms with Crippen LogP contribution >= 0.6 is 11.6 Å². The van der Waals surface area contributed by atoms with E-state index in [9.17, 15) is 4.79 Å². The van der Waals surface area contributed by atoms with Crippen molar-refractivity contribution in [1.29, 1.82) is 0 Å². The Kier molecular flexibility index (Phi) is 9.98. The number of aryl methyl sites for hydroxylation is 2. The van der Waals surface area contributed by atoms with E-state index in [2.05, 4.69) is 45.9 Å². The molecule has 0 atom stereocenters. The number of H-pyrrole nitrogens is 2. The molecule has 0 unspecified atom stereocenters. The van der Waals surface area contributed by atoms with Crippen LogP contribution in [-0.4, -0.2) is 72.2 Å². The molecule has 4 N–H and O–H groups in total. The fraction of sp³-hybridized carbons (Fsp3) is 0.258. The highest BCUT2D eigenvalue weighted by molar-refractivity contribution is 6.16. The zero-order valence-corrected chi connectivity index (χ0v) is 25.0. The minimum atomic E-state index is 0.110. The van der Waals surface area contributed by atoms with Gasteiger partial charge in [-0.1, -0.05) is 30.3 Å². The third kappa shape index (κ3) is 8.63. The van der Waals surface area contributed by atoms with Crippen molar-refractivity contribution in [2.75, 3.05) is 36.8 Å². The van der Waals surface area contributed by atoms with Gasteiger partial charge in [-0.3, -0.25) is 19.9 Å². The topological polar surface area (TPSA) is 131 Å². The first kappa shape index (κ1) is 29.7. The maximum absolute atomic E-state index is 12.6. The number of aromatic amines is 2. The summed E-state index contributed by atoms with van der Waals surface area (Å²) in [6.45, 7) is 7.83. The minimum absolute atomic E-state index is 0.110. The Labute approximate surface area is 255 Å². The van der Waals surface area contributed by atoms with Crippen molar-refractivity contribution in [3.05, 3.63) is 107 Å². The van der Waals surface area contributed by atoms with E-state index < -0.39 is 0 Å². The molecular weight excluding hydrogens is 564 g/mol. The second-order valence-corrected chi connectivity index (χ2v) is 10.5. The lowest BCUT2D eigenvalue weighted by molar-refractivity contribution is 0.0627. The monoisotopic (exact) mass is 598 g/mol. The van der Waals surface area contributed by atoms with E-state index >= 15 is 0 Å². The molecule has 0 bridgehead atoms. The molecule has 5 heterocycles. The summed E-state index contributed by atoms with van der Waals surface area (Å²) in [4.78, 5) is 25.8. The van der Waals surface area contributed by atoms with Crippen LogP contribution in [0.3, 0.4) is 0 Å². The standard InChI is InChI=1S/C21H24N6O.C10H11ClN4/c1-16-14-20(25-24-16)23-19-9-5-8-18(22-19)15-26-10-12-27(13-11-26)21(28)17-6-3-2-4-7-17;1-7-5-10(15-14-7)13-9-4-2-3-8(6-11)12-9/h2-9,14H,10-13,15H2,1H3,(H2,22,23,24,25);2-5H,6H2,1H3,(H2,12,13,14,15). The maximum atomic E-state index is 12.6. The average molecular weight is 599 g/mol. The number of aromatic nitrogens is 6. The Hall–Kier alpha value is -4.74. The van der Waals surface area contributed by atoms with Gasteiger partial charge in [0.2, 0.25) is 0 Å². The highest BCUT2D eigenvalue weighted by Gasteiger charge is 2.22. The summed E-state index contributed by atoms with van der Waals surface area (Å²) in [6.07, 6.45) is 0. The number of nitrogens with one attached hydrogen (secondary N) is 4. The molecule has 11 nitrogen and oxygen atoms in total. The van der Waals surface area contributed by atoms with Crippen LogP contribution in [0.4, 0.5) is 23.3 Å². The van der Waals surface area contributed by atoms with Crippen LogP contribution in [0.15, 0.2) is 78.9 Å². The SMILES string of the molecule is Cc1cc(Nc2cccc(CCl)n2)n[nH]1.Cc1cc(Nc2cccc(CN3CCN(C(=O)c4ccccc4)CC3)n2)n[nH]1. The summed E-state index contributed by atoms with van der Waals surface area (Å²) < 4.78 is 0. The van der Waals surface area contributed by atoms with Crippen LogP contribution in [0, 0.1) is 13.8 Å². The number of pyridine rings is 2. The van der Waals surface area contributed by atoms with E-state index in [0.717, 1.165) is 84.3 Å². The number of carbonyl (C=O) groups is 1. The van der Waals surface area contributed by atoms with Gasteiger partial charge in [0, 0.05) is 61.8 Å². The largest absolute Gasteiger partial charge is 0.336 e. The van der Waals surface area contributed by atoms with Crippen LogP contribution < -0.4 is 10.6 Å².